The van der Waals surface area contributed by atoms with Gasteiger partial charge in [-0.1, -0.05) is 20.8 Å². The third kappa shape index (κ3) is 4.66. The quantitative estimate of drug-likeness (QED) is 0.481. The molecule has 6 nitrogen and oxygen atoms in total. The Hall–Kier alpha value is -2.83. The molecule has 0 spiro atoms. The lowest BCUT2D eigenvalue weighted by molar-refractivity contribution is 0.263. The molecule has 32 heavy (non-hydrogen) atoms. The molecule has 1 aromatic heterocycles. The molecule has 6 heteroatoms. The number of benzene rings is 2. The molecule has 3 heterocycles. The number of ether oxygens (including phenoxy) is 4. The van der Waals surface area contributed by atoms with Crippen molar-refractivity contribution in [1.82, 2.24) is 9.78 Å². The minimum absolute atomic E-state index is 0.0683. The molecule has 2 saturated heterocycles. The van der Waals surface area contributed by atoms with Crippen LogP contribution in [0.5, 0.6) is 11.5 Å². The topological polar surface area (TPSA) is 61.3 Å². The maximum absolute atomic E-state index is 5.79. The van der Waals surface area contributed by atoms with E-state index >= 15 is 0 Å². The van der Waals surface area contributed by atoms with E-state index < -0.39 is 0 Å². The van der Waals surface area contributed by atoms with Crippen LogP contribution in [0.2, 0.25) is 0 Å². The van der Waals surface area contributed by atoms with Crippen molar-refractivity contribution in [1.29, 1.82) is 0 Å². The molecule has 2 aliphatic heterocycles. The smallest absolute Gasteiger partial charge is 0.119 e. The van der Waals surface area contributed by atoms with Gasteiger partial charge in [0.2, 0.25) is 0 Å². The summed E-state index contributed by atoms with van der Waals surface area (Å²) in [6.45, 7) is 11.6. The third-order valence-corrected chi connectivity index (χ3v) is 5.72. The van der Waals surface area contributed by atoms with Crippen molar-refractivity contribution in [3.63, 3.8) is 0 Å². The van der Waals surface area contributed by atoms with Crippen LogP contribution in [-0.4, -0.2) is 48.4 Å². The highest BCUT2D eigenvalue weighted by Crippen LogP contribution is 2.35. The first kappa shape index (κ1) is 21.0. The highest BCUT2D eigenvalue weighted by atomic mass is 16.6. The van der Waals surface area contributed by atoms with Crippen LogP contribution in [0.25, 0.3) is 16.9 Å². The predicted octanol–water partition coefficient (Wildman–Crippen LogP) is 4.70. The molecule has 0 amide bonds. The zero-order valence-electron chi connectivity index (χ0n) is 19.1. The zero-order chi connectivity index (χ0) is 22.3. The molecular formula is C26H30N2O4. The molecule has 5 rings (SSSR count). The van der Waals surface area contributed by atoms with Gasteiger partial charge in [0.1, 0.15) is 36.9 Å². The Labute approximate surface area is 189 Å². The molecule has 0 bridgehead atoms. The second-order valence-electron chi connectivity index (χ2n) is 9.53. The average molecular weight is 435 g/mol. The average Bonchev–Trinajstić information content (AvgIpc) is 3.70. The summed E-state index contributed by atoms with van der Waals surface area (Å²) < 4.78 is 24.1. The number of hydrogen-bond donors (Lipinski definition) is 0. The monoisotopic (exact) mass is 434 g/mol. The summed E-state index contributed by atoms with van der Waals surface area (Å²) in [4.78, 5) is 0. The number of rotatable bonds is 8. The highest BCUT2D eigenvalue weighted by molar-refractivity contribution is 5.66. The molecular weight excluding hydrogens is 404 g/mol. The fraction of sp³-hybridized carbons (Fsp3) is 0.423. The van der Waals surface area contributed by atoms with Crippen molar-refractivity contribution in [3.8, 4) is 28.4 Å². The maximum atomic E-state index is 5.79. The van der Waals surface area contributed by atoms with Gasteiger partial charge in [-0.3, -0.25) is 0 Å². The Bertz CT molecular complexity index is 1070. The molecule has 2 fully saturated rings. The molecule has 2 unspecified atom stereocenters. The molecule has 2 atom stereocenters. The van der Waals surface area contributed by atoms with E-state index in [1.54, 1.807) is 0 Å². The van der Waals surface area contributed by atoms with E-state index in [2.05, 4.69) is 56.6 Å². The van der Waals surface area contributed by atoms with E-state index in [9.17, 15) is 0 Å². The minimum Gasteiger partial charge on any atom is -0.491 e. The highest BCUT2D eigenvalue weighted by Gasteiger charge is 2.27. The number of aromatic nitrogens is 2. The van der Waals surface area contributed by atoms with Gasteiger partial charge < -0.3 is 18.9 Å². The summed E-state index contributed by atoms with van der Waals surface area (Å²) in [6.07, 6.45) is 0.498. The Morgan fingerprint density at radius 1 is 0.875 bits per heavy atom. The summed E-state index contributed by atoms with van der Waals surface area (Å²) in [7, 11) is 0. The van der Waals surface area contributed by atoms with Crippen molar-refractivity contribution < 1.29 is 18.9 Å². The predicted molar refractivity (Wildman–Crippen MR) is 123 cm³/mol. The Balaban J connectivity index is 1.42. The number of epoxide rings is 2. The Morgan fingerprint density at radius 3 is 1.84 bits per heavy atom. The second kappa shape index (κ2) is 8.26. The van der Waals surface area contributed by atoms with Crippen LogP contribution in [0.4, 0.5) is 0 Å². The van der Waals surface area contributed by atoms with Crippen molar-refractivity contribution in [3.05, 3.63) is 59.8 Å². The van der Waals surface area contributed by atoms with Gasteiger partial charge in [0.15, 0.2) is 0 Å². The Morgan fingerprint density at radius 2 is 1.38 bits per heavy atom. The second-order valence-corrected chi connectivity index (χ2v) is 9.53. The van der Waals surface area contributed by atoms with E-state index in [-0.39, 0.29) is 17.6 Å². The van der Waals surface area contributed by atoms with Gasteiger partial charge in [-0.15, -0.1) is 0 Å². The van der Waals surface area contributed by atoms with Gasteiger partial charge in [-0.05, 0) is 61.0 Å². The molecule has 0 saturated carbocycles. The lowest BCUT2D eigenvalue weighted by Crippen LogP contribution is -2.18. The fourth-order valence-electron chi connectivity index (χ4n) is 3.94. The van der Waals surface area contributed by atoms with Crippen molar-refractivity contribution in [2.75, 3.05) is 26.4 Å². The molecule has 168 valence electrons. The summed E-state index contributed by atoms with van der Waals surface area (Å²) in [6, 6.07) is 16.3. The summed E-state index contributed by atoms with van der Waals surface area (Å²) in [5, 5.41) is 5.04. The Kier molecular flexibility index (Phi) is 5.43. The van der Waals surface area contributed by atoms with Crippen LogP contribution in [-0.2, 0) is 14.9 Å². The standard InChI is InChI=1S/C26H30N2O4/c1-17-24(18-5-9-20(10-6-18)29-13-22-15-31-22)27-28(25(17)26(2,3)4)19-7-11-21(12-8-19)30-14-23-16-32-23/h5-12,22-23H,13-16H2,1-4H3. The summed E-state index contributed by atoms with van der Waals surface area (Å²) in [5.74, 6) is 1.70. The van der Waals surface area contributed by atoms with Crippen LogP contribution >= 0.6 is 0 Å². The van der Waals surface area contributed by atoms with Crippen molar-refractivity contribution in [2.24, 2.45) is 0 Å². The molecule has 3 aromatic rings. The van der Waals surface area contributed by atoms with Crippen molar-refractivity contribution in [2.45, 2.75) is 45.3 Å². The van der Waals surface area contributed by atoms with Crippen LogP contribution in [0.15, 0.2) is 48.5 Å². The van der Waals surface area contributed by atoms with Gasteiger partial charge >= 0.3 is 0 Å². The number of nitrogens with zero attached hydrogens (tertiary/aromatic N) is 2. The van der Waals surface area contributed by atoms with Gasteiger partial charge in [0.25, 0.3) is 0 Å². The third-order valence-electron chi connectivity index (χ3n) is 5.72. The first-order chi connectivity index (χ1) is 15.4. The lowest BCUT2D eigenvalue weighted by Gasteiger charge is -2.22. The van der Waals surface area contributed by atoms with Crippen LogP contribution in [0.1, 0.15) is 32.0 Å². The summed E-state index contributed by atoms with van der Waals surface area (Å²) >= 11 is 0. The van der Waals surface area contributed by atoms with E-state index in [0.29, 0.717) is 13.2 Å². The van der Waals surface area contributed by atoms with Crippen LogP contribution in [0, 0.1) is 6.92 Å². The molecule has 2 aliphatic rings. The normalized spacial score (nSPS) is 19.6. The van der Waals surface area contributed by atoms with Gasteiger partial charge in [0, 0.05) is 11.0 Å². The van der Waals surface area contributed by atoms with Crippen molar-refractivity contribution >= 4 is 0 Å². The summed E-state index contributed by atoms with van der Waals surface area (Å²) in [5.41, 5.74) is 5.39. The minimum atomic E-state index is -0.0683. The maximum Gasteiger partial charge on any atom is 0.119 e. The number of hydrogen-bond acceptors (Lipinski definition) is 5. The molecule has 0 aliphatic carbocycles. The zero-order valence-corrected chi connectivity index (χ0v) is 19.1. The first-order valence-corrected chi connectivity index (χ1v) is 11.2. The van der Waals surface area contributed by atoms with Crippen LogP contribution < -0.4 is 9.47 Å². The van der Waals surface area contributed by atoms with E-state index in [4.69, 9.17) is 24.0 Å². The van der Waals surface area contributed by atoms with E-state index in [1.165, 1.54) is 11.3 Å². The molecule has 0 N–H and O–H groups in total. The largest absolute Gasteiger partial charge is 0.491 e. The first-order valence-electron chi connectivity index (χ1n) is 11.2. The molecule has 2 aromatic carbocycles. The van der Waals surface area contributed by atoms with E-state index in [1.807, 2.05) is 24.3 Å². The fourth-order valence-corrected chi connectivity index (χ4v) is 3.94. The molecule has 0 radical (unpaired) electrons. The SMILES string of the molecule is Cc1c(-c2ccc(OCC3CO3)cc2)nn(-c2ccc(OCC3CO3)cc2)c1C(C)(C)C. The van der Waals surface area contributed by atoms with Gasteiger partial charge in [0.05, 0.1) is 30.3 Å². The van der Waals surface area contributed by atoms with Gasteiger partial charge in [-0.2, -0.15) is 5.10 Å². The van der Waals surface area contributed by atoms with Crippen LogP contribution in [0.3, 0.4) is 0 Å². The van der Waals surface area contributed by atoms with Gasteiger partial charge in [-0.25, -0.2) is 4.68 Å². The lowest BCUT2D eigenvalue weighted by atomic mass is 9.88. The van der Waals surface area contributed by atoms with E-state index in [0.717, 1.165) is 41.7 Å².